The largest absolute Gasteiger partial charge is 0.373 e. The molecule has 0 aliphatic carbocycles. The normalized spacial score (nSPS) is 19.4. The first-order valence-corrected chi connectivity index (χ1v) is 11.1. The SMILES string of the molecule is Cc1cc(C(=O)CN2C[C@@H](C)O[C@H](C)C2)c(C)n1-c1c(C)n(C)n(-c2ccccc2)c1=O. The van der Waals surface area contributed by atoms with E-state index in [0.717, 1.165) is 35.9 Å². The number of benzene rings is 1. The highest BCUT2D eigenvalue weighted by Crippen LogP contribution is 2.23. The van der Waals surface area contributed by atoms with Crippen LogP contribution in [0, 0.1) is 20.8 Å². The summed E-state index contributed by atoms with van der Waals surface area (Å²) in [7, 11) is 1.88. The van der Waals surface area contributed by atoms with Gasteiger partial charge in [0.25, 0.3) is 5.56 Å². The van der Waals surface area contributed by atoms with Crippen molar-refractivity contribution in [3.05, 3.63) is 69.4 Å². The molecule has 0 bridgehead atoms. The Morgan fingerprint density at radius 1 is 1.03 bits per heavy atom. The predicted molar refractivity (Wildman–Crippen MR) is 125 cm³/mol. The molecule has 1 aliphatic rings. The lowest BCUT2D eigenvalue weighted by atomic mass is 10.1. The molecule has 7 nitrogen and oxygen atoms in total. The van der Waals surface area contributed by atoms with Gasteiger partial charge >= 0.3 is 0 Å². The molecule has 0 N–H and O–H groups in total. The van der Waals surface area contributed by atoms with Gasteiger partial charge in [-0.15, -0.1) is 0 Å². The third kappa shape index (κ3) is 3.87. The highest BCUT2D eigenvalue weighted by molar-refractivity contribution is 5.99. The summed E-state index contributed by atoms with van der Waals surface area (Å²) in [4.78, 5) is 28.9. The zero-order valence-electron chi connectivity index (χ0n) is 19.8. The number of hydrogen-bond donors (Lipinski definition) is 0. The van der Waals surface area contributed by atoms with E-state index in [1.807, 2.05) is 87.3 Å². The van der Waals surface area contributed by atoms with Gasteiger partial charge in [0.1, 0.15) is 5.69 Å². The van der Waals surface area contributed by atoms with Crippen molar-refractivity contribution in [2.24, 2.45) is 7.05 Å². The maximum atomic E-state index is 13.5. The summed E-state index contributed by atoms with van der Waals surface area (Å²) in [6.07, 6.45) is 0.227. The van der Waals surface area contributed by atoms with Crippen LogP contribution in [0.15, 0.2) is 41.2 Å². The van der Waals surface area contributed by atoms with Crippen LogP contribution < -0.4 is 5.56 Å². The molecule has 0 radical (unpaired) electrons. The van der Waals surface area contributed by atoms with Gasteiger partial charge in [0.2, 0.25) is 0 Å². The molecule has 0 saturated carbocycles. The van der Waals surface area contributed by atoms with E-state index in [2.05, 4.69) is 4.90 Å². The number of Topliss-reactive ketones (excluding diaryl/α,β-unsaturated/α-hetero) is 1. The van der Waals surface area contributed by atoms with Crippen LogP contribution in [-0.4, -0.2) is 56.5 Å². The van der Waals surface area contributed by atoms with Gasteiger partial charge in [-0.1, -0.05) is 18.2 Å². The second-order valence-electron chi connectivity index (χ2n) is 8.90. The van der Waals surface area contributed by atoms with E-state index in [9.17, 15) is 9.59 Å². The first kappa shape index (κ1) is 22.3. The maximum Gasteiger partial charge on any atom is 0.295 e. The van der Waals surface area contributed by atoms with Crippen LogP contribution in [0.1, 0.15) is 41.3 Å². The molecule has 1 aliphatic heterocycles. The molecule has 4 rings (SSSR count). The Labute approximate surface area is 188 Å². The van der Waals surface area contributed by atoms with E-state index in [1.54, 1.807) is 4.68 Å². The molecular formula is C25H32N4O3. The van der Waals surface area contributed by atoms with Gasteiger partial charge in [-0.3, -0.25) is 19.2 Å². The molecule has 1 saturated heterocycles. The minimum absolute atomic E-state index is 0.0719. The zero-order valence-corrected chi connectivity index (χ0v) is 19.8. The Balaban J connectivity index is 1.72. The molecular weight excluding hydrogens is 404 g/mol. The monoisotopic (exact) mass is 436 g/mol. The average molecular weight is 437 g/mol. The first-order valence-electron chi connectivity index (χ1n) is 11.1. The van der Waals surface area contributed by atoms with Crippen LogP contribution in [0.3, 0.4) is 0 Å². The van der Waals surface area contributed by atoms with Gasteiger partial charge in [-0.05, 0) is 52.8 Å². The average Bonchev–Trinajstić information content (AvgIpc) is 3.13. The summed E-state index contributed by atoms with van der Waals surface area (Å²) in [5.41, 5.74) is 4.47. The maximum absolute atomic E-state index is 13.5. The number of nitrogens with zero attached hydrogens (tertiary/aromatic N) is 4. The molecule has 3 heterocycles. The van der Waals surface area contributed by atoms with Gasteiger partial charge in [-0.2, -0.15) is 0 Å². The number of morpholine rings is 1. The van der Waals surface area contributed by atoms with Crippen LogP contribution in [0.5, 0.6) is 0 Å². The number of ether oxygens (including phenoxy) is 1. The zero-order chi connectivity index (χ0) is 23.2. The predicted octanol–water partition coefficient (Wildman–Crippen LogP) is 3.18. The summed E-state index contributed by atoms with van der Waals surface area (Å²) in [5, 5.41) is 0. The summed E-state index contributed by atoms with van der Waals surface area (Å²) in [6.45, 7) is 11.7. The Morgan fingerprint density at radius 2 is 1.66 bits per heavy atom. The standard InChI is InChI=1S/C25H32N4O3/c1-16-12-22(23(30)15-27-13-17(2)32-18(3)14-27)19(4)28(16)24-20(5)26(6)29(25(24)31)21-10-8-7-9-11-21/h7-12,17-18H,13-15H2,1-6H3/t17-,18-/m1/s1. The lowest BCUT2D eigenvalue weighted by Crippen LogP contribution is -2.47. The second kappa shape index (κ2) is 8.56. The number of hydrogen-bond acceptors (Lipinski definition) is 4. The molecule has 170 valence electrons. The van der Waals surface area contributed by atoms with Crippen molar-refractivity contribution in [3.8, 4) is 11.4 Å². The molecule has 2 atom stereocenters. The van der Waals surface area contributed by atoms with Gasteiger partial charge in [-0.25, -0.2) is 4.68 Å². The Kier molecular flexibility index (Phi) is 5.97. The highest BCUT2D eigenvalue weighted by atomic mass is 16.5. The summed E-state index contributed by atoms with van der Waals surface area (Å²) in [5.74, 6) is 0.0719. The number of para-hydroxylation sites is 1. The first-order chi connectivity index (χ1) is 15.2. The van der Waals surface area contributed by atoms with Crippen LogP contribution in [-0.2, 0) is 11.8 Å². The molecule has 0 amide bonds. The van der Waals surface area contributed by atoms with Crippen LogP contribution in [0.2, 0.25) is 0 Å². The minimum Gasteiger partial charge on any atom is -0.373 e. The summed E-state index contributed by atoms with van der Waals surface area (Å²) >= 11 is 0. The topological polar surface area (TPSA) is 61.4 Å². The quantitative estimate of drug-likeness (QED) is 0.577. The van der Waals surface area contributed by atoms with E-state index in [1.165, 1.54) is 0 Å². The third-order valence-electron chi connectivity index (χ3n) is 6.34. The molecule has 1 aromatic carbocycles. The van der Waals surface area contributed by atoms with Gasteiger partial charge in [0.15, 0.2) is 5.78 Å². The Hall–Kier alpha value is -2.90. The number of carbonyl (C=O) groups excluding carboxylic acids is 1. The van der Waals surface area contributed by atoms with Crippen molar-refractivity contribution in [2.75, 3.05) is 19.6 Å². The molecule has 32 heavy (non-hydrogen) atoms. The number of carbonyl (C=O) groups is 1. The number of aryl methyl sites for hydroxylation is 1. The van der Waals surface area contributed by atoms with Crippen LogP contribution in [0.25, 0.3) is 11.4 Å². The minimum atomic E-state index is -0.104. The number of rotatable bonds is 5. The van der Waals surface area contributed by atoms with Gasteiger partial charge in [0.05, 0.1) is 30.1 Å². The third-order valence-corrected chi connectivity index (χ3v) is 6.34. The Morgan fingerprint density at radius 3 is 2.28 bits per heavy atom. The van der Waals surface area contributed by atoms with Crippen molar-refractivity contribution < 1.29 is 9.53 Å². The van der Waals surface area contributed by atoms with E-state index >= 15 is 0 Å². The van der Waals surface area contributed by atoms with Crippen molar-refractivity contribution in [1.29, 1.82) is 0 Å². The number of aromatic nitrogens is 3. The van der Waals surface area contributed by atoms with E-state index in [0.29, 0.717) is 17.8 Å². The molecule has 2 aromatic heterocycles. The fourth-order valence-corrected chi connectivity index (χ4v) is 4.90. The molecule has 7 heteroatoms. The smallest absolute Gasteiger partial charge is 0.295 e. The molecule has 0 spiro atoms. The number of ketones is 1. The lowest BCUT2D eigenvalue weighted by Gasteiger charge is -2.34. The van der Waals surface area contributed by atoms with E-state index < -0.39 is 0 Å². The molecule has 1 fully saturated rings. The fraction of sp³-hybridized carbons (Fsp3) is 0.440. The van der Waals surface area contributed by atoms with Crippen molar-refractivity contribution >= 4 is 5.78 Å². The summed E-state index contributed by atoms with van der Waals surface area (Å²) in [6, 6.07) is 11.5. The van der Waals surface area contributed by atoms with Crippen LogP contribution >= 0.6 is 0 Å². The molecule has 0 unspecified atom stereocenters. The lowest BCUT2D eigenvalue weighted by molar-refractivity contribution is -0.0652. The van der Waals surface area contributed by atoms with E-state index in [-0.39, 0.29) is 23.6 Å². The highest BCUT2D eigenvalue weighted by Gasteiger charge is 2.27. The van der Waals surface area contributed by atoms with Crippen LogP contribution in [0.4, 0.5) is 0 Å². The second-order valence-corrected chi connectivity index (χ2v) is 8.90. The van der Waals surface area contributed by atoms with Crippen molar-refractivity contribution in [2.45, 2.75) is 46.8 Å². The fourth-order valence-electron chi connectivity index (χ4n) is 4.90. The van der Waals surface area contributed by atoms with Crippen molar-refractivity contribution in [3.63, 3.8) is 0 Å². The molecule has 3 aromatic rings. The Bertz CT molecular complexity index is 1190. The van der Waals surface area contributed by atoms with E-state index in [4.69, 9.17) is 4.74 Å². The summed E-state index contributed by atoms with van der Waals surface area (Å²) < 4.78 is 11.2. The van der Waals surface area contributed by atoms with Gasteiger partial charge in [0, 0.05) is 37.1 Å². The van der Waals surface area contributed by atoms with Crippen molar-refractivity contribution in [1.82, 2.24) is 18.8 Å². The van der Waals surface area contributed by atoms with Gasteiger partial charge < -0.3 is 9.30 Å².